The smallest absolute Gasteiger partial charge is 0.267 e. The summed E-state index contributed by atoms with van der Waals surface area (Å²) >= 11 is 0. The molecule has 0 unspecified atom stereocenters. The number of amides is 2. The second kappa shape index (κ2) is 9.66. The molecule has 3 aromatic rings. The largest absolute Gasteiger partial charge is 0.476 e. The normalized spacial score (nSPS) is 15.4. The summed E-state index contributed by atoms with van der Waals surface area (Å²) in [4.78, 5) is 25.7. The van der Waals surface area contributed by atoms with E-state index in [1.807, 2.05) is 12.1 Å². The molecule has 0 aromatic heterocycles. The van der Waals surface area contributed by atoms with Crippen LogP contribution in [0, 0.1) is 0 Å². The quantitative estimate of drug-likeness (QED) is 0.533. The van der Waals surface area contributed by atoms with Gasteiger partial charge in [-0.25, -0.2) is 8.42 Å². The highest BCUT2D eigenvalue weighted by Gasteiger charge is 2.34. The Labute approximate surface area is 211 Å². The molecule has 1 heterocycles. The maximum atomic E-state index is 13.0. The van der Waals surface area contributed by atoms with Crippen molar-refractivity contribution < 1.29 is 22.7 Å². The van der Waals surface area contributed by atoms with Crippen molar-refractivity contribution in [3.05, 3.63) is 83.9 Å². The van der Waals surface area contributed by atoms with E-state index in [1.54, 1.807) is 60.7 Å². The molecule has 0 aliphatic carbocycles. The molecule has 2 N–H and O–H groups in total. The molecule has 1 aliphatic heterocycles. The minimum atomic E-state index is -3.61. The number of rotatable bonds is 5. The number of hydrogen-bond acceptors (Lipinski definition) is 5. The summed E-state index contributed by atoms with van der Waals surface area (Å²) in [6.45, 7) is 6.18. The molecule has 188 valence electrons. The first-order valence-electron chi connectivity index (χ1n) is 11.5. The Morgan fingerprint density at radius 1 is 0.917 bits per heavy atom. The fourth-order valence-electron chi connectivity index (χ4n) is 3.88. The molecular weight excluding hydrogens is 478 g/mol. The molecule has 1 atom stereocenters. The predicted molar refractivity (Wildman–Crippen MR) is 141 cm³/mol. The van der Waals surface area contributed by atoms with Gasteiger partial charge in [-0.3, -0.25) is 13.9 Å². The number of benzene rings is 3. The number of nitrogens with one attached hydrogen (secondary N) is 2. The molecule has 0 spiro atoms. The summed E-state index contributed by atoms with van der Waals surface area (Å²) in [5.41, 5.74) is 2.98. The highest BCUT2D eigenvalue weighted by molar-refractivity contribution is 7.92. The van der Waals surface area contributed by atoms with E-state index in [0.29, 0.717) is 28.4 Å². The van der Waals surface area contributed by atoms with Crippen LogP contribution in [0.1, 0.15) is 36.7 Å². The van der Waals surface area contributed by atoms with Crippen LogP contribution in [0.4, 0.5) is 17.1 Å². The van der Waals surface area contributed by atoms with Gasteiger partial charge < -0.3 is 15.4 Å². The third kappa shape index (κ3) is 5.68. The first-order valence-corrected chi connectivity index (χ1v) is 13.3. The van der Waals surface area contributed by atoms with Gasteiger partial charge >= 0.3 is 0 Å². The summed E-state index contributed by atoms with van der Waals surface area (Å²) in [5, 5.41) is 5.60. The Balaban J connectivity index is 1.45. The van der Waals surface area contributed by atoms with E-state index in [1.165, 1.54) is 0 Å². The number of carbonyl (C=O) groups excluding carboxylic acids is 2. The molecule has 0 fully saturated rings. The van der Waals surface area contributed by atoms with Crippen molar-refractivity contribution in [1.82, 2.24) is 0 Å². The number of ether oxygens (including phenoxy) is 1. The minimum Gasteiger partial charge on any atom is -0.476 e. The summed E-state index contributed by atoms with van der Waals surface area (Å²) < 4.78 is 31.6. The zero-order valence-corrected chi connectivity index (χ0v) is 21.4. The Morgan fingerprint density at radius 3 is 2.19 bits per heavy atom. The van der Waals surface area contributed by atoms with Crippen LogP contribution in [-0.4, -0.2) is 39.1 Å². The lowest BCUT2D eigenvalue weighted by molar-refractivity contribution is -0.122. The van der Waals surface area contributed by atoms with Gasteiger partial charge in [0.05, 0.1) is 18.5 Å². The SMILES string of the molecule is CC(C)(C)c1ccc(C(=O)Nc2cccc(NC(=O)[C@H]3CN(S(C)(=O)=O)c4ccccc4O3)c2)cc1. The fraction of sp³-hybridized carbons (Fsp3) is 0.259. The summed E-state index contributed by atoms with van der Waals surface area (Å²) in [7, 11) is -3.61. The topological polar surface area (TPSA) is 105 Å². The van der Waals surface area contributed by atoms with Gasteiger partial charge in [0, 0.05) is 16.9 Å². The number of hydrogen-bond donors (Lipinski definition) is 2. The summed E-state index contributed by atoms with van der Waals surface area (Å²) in [6, 6.07) is 20.8. The van der Waals surface area contributed by atoms with E-state index < -0.39 is 22.0 Å². The zero-order chi connectivity index (χ0) is 26.1. The highest BCUT2D eigenvalue weighted by atomic mass is 32.2. The maximum Gasteiger partial charge on any atom is 0.267 e. The van der Waals surface area contributed by atoms with E-state index >= 15 is 0 Å². The highest BCUT2D eigenvalue weighted by Crippen LogP contribution is 2.35. The van der Waals surface area contributed by atoms with Gasteiger partial charge in [-0.1, -0.05) is 51.1 Å². The monoisotopic (exact) mass is 507 g/mol. The number of carbonyl (C=O) groups is 2. The first kappa shape index (κ1) is 25.2. The number of nitrogens with zero attached hydrogens (tertiary/aromatic N) is 1. The molecule has 36 heavy (non-hydrogen) atoms. The average Bonchev–Trinajstić information content (AvgIpc) is 2.82. The Bertz CT molecular complexity index is 1400. The Kier molecular flexibility index (Phi) is 6.77. The second-order valence-corrected chi connectivity index (χ2v) is 11.6. The third-order valence-electron chi connectivity index (χ3n) is 5.83. The second-order valence-electron chi connectivity index (χ2n) is 9.72. The van der Waals surface area contributed by atoms with Gasteiger partial charge in [-0.15, -0.1) is 0 Å². The number of sulfonamides is 1. The van der Waals surface area contributed by atoms with E-state index in [9.17, 15) is 18.0 Å². The van der Waals surface area contributed by atoms with Gasteiger partial charge in [-0.05, 0) is 53.4 Å². The molecule has 8 nitrogen and oxygen atoms in total. The molecule has 2 amide bonds. The molecule has 3 aromatic carbocycles. The van der Waals surface area contributed by atoms with Crippen molar-refractivity contribution in [2.75, 3.05) is 27.7 Å². The van der Waals surface area contributed by atoms with Crippen molar-refractivity contribution in [3.8, 4) is 5.75 Å². The van der Waals surface area contributed by atoms with Crippen LogP contribution in [0.3, 0.4) is 0 Å². The lowest BCUT2D eigenvalue weighted by atomic mass is 9.87. The fourth-order valence-corrected chi connectivity index (χ4v) is 4.79. The van der Waals surface area contributed by atoms with Crippen LogP contribution in [0.15, 0.2) is 72.8 Å². The van der Waals surface area contributed by atoms with Gasteiger partial charge in [0.15, 0.2) is 6.10 Å². The van der Waals surface area contributed by atoms with Gasteiger partial charge in [0.2, 0.25) is 10.0 Å². The lowest BCUT2D eigenvalue weighted by Gasteiger charge is -2.33. The molecule has 9 heteroatoms. The van der Waals surface area contributed by atoms with Gasteiger partial charge in [0.1, 0.15) is 5.75 Å². The summed E-state index contributed by atoms with van der Waals surface area (Å²) in [5.74, 6) is -0.456. The van der Waals surface area contributed by atoms with E-state index in [0.717, 1.165) is 16.1 Å². The summed E-state index contributed by atoms with van der Waals surface area (Å²) in [6.07, 6.45) is 0.0431. The van der Waals surface area contributed by atoms with Crippen molar-refractivity contribution >= 4 is 38.9 Å². The molecule has 1 aliphatic rings. The van der Waals surface area contributed by atoms with Crippen LogP contribution in [-0.2, 0) is 20.2 Å². The maximum absolute atomic E-state index is 13.0. The minimum absolute atomic E-state index is 0.00990. The van der Waals surface area contributed by atoms with E-state index in [-0.39, 0.29) is 17.9 Å². The van der Waals surface area contributed by atoms with Crippen molar-refractivity contribution in [1.29, 1.82) is 0 Å². The first-order chi connectivity index (χ1) is 16.9. The van der Waals surface area contributed by atoms with E-state index in [4.69, 9.17) is 4.74 Å². The molecule has 0 radical (unpaired) electrons. The molecular formula is C27H29N3O5S. The van der Waals surface area contributed by atoms with Gasteiger partial charge in [-0.2, -0.15) is 0 Å². The lowest BCUT2D eigenvalue weighted by Crippen LogP contribution is -2.48. The molecule has 0 bridgehead atoms. The van der Waals surface area contributed by atoms with Crippen LogP contribution >= 0.6 is 0 Å². The van der Waals surface area contributed by atoms with Crippen molar-refractivity contribution in [3.63, 3.8) is 0 Å². The van der Waals surface area contributed by atoms with Crippen molar-refractivity contribution in [2.24, 2.45) is 0 Å². The molecule has 4 rings (SSSR count). The predicted octanol–water partition coefficient (Wildman–Crippen LogP) is 4.40. The average molecular weight is 508 g/mol. The van der Waals surface area contributed by atoms with Crippen molar-refractivity contribution in [2.45, 2.75) is 32.3 Å². The third-order valence-corrected chi connectivity index (χ3v) is 6.98. The number of anilines is 3. The van der Waals surface area contributed by atoms with Crippen LogP contribution in [0.25, 0.3) is 0 Å². The van der Waals surface area contributed by atoms with Crippen LogP contribution in [0.5, 0.6) is 5.75 Å². The zero-order valence-electron chi connectivity index (χ0n) is 20.6. The van der Waals surface area contributed by atoms with Crippen LogP contribution < -0.4 is 19.7 Å². The number of fused-ring (bicyclic) bond motifs is 1. The number of para-hydroxylation sites is 2. The van der Waals surface area contributed by atoms with E-state index in [2.05, 4.69) is 31.4 Å². The molecule has 0 saturated carbocycles. The molecule has 0 saturated heterocycles. The standard InChI is InChI=1S/C27H29N3O5S/c1-27(2,3)19-14-12-18(13-15-19)25(31)28-20-8-7-9-21(16-20)29-26(32)24-17-30(36(4,33)34)22-10-5-6-11-23(22)35-24/h5-16,24H,17H2,1-4H3,(H,28,31)(H,29,32)/t24-/m1/s1. The van der Waals surface area contributed by atoms with Gasteiger partial charge in [0.25, 0.3) is 11.8 Å². The van der Waals surface area contributed by atoms with Crippen LogP contribution in [0.2, 0.25) is 0 Å². The Morgan fingerprint density at radius 2 is 1.56 bits per heavy atom. The Hall–Kier alpha value is -3.85.